The molecule has 3 heteroatoms. The molecular formula is C17H27ClN2. The fourth-order valence-corrected chi connectivity index (χ4v) is 2.96. The van der Waals surface area contributed by atoms with Crippen LogP contribution >= 0.6 is 11.6 Å². The Morgan fingerprint density at radius 2 is 2.10 bits per heavy atom. The molecule has 1 atom stereocenters. The van der Waals surface area contributed by atoms with E-state index in [2.05, 4.69) is 49.2 Å². The van der Waals surface area contributed by atoms with E-state index < -0.39 is 0 Å². The molecule has 0 aromatic heterocycles. The van der Waals surface area contributed by atoms with Crippen LogP contribution in [0.2, 0.25) is 5.02 Å². The zero-order valence-corrected chi connectivity index (χ0v) is 13.7. The highest BCUT2D eigenvalue weighted by Crippen LogP contribution is 2.37. The molecule has 0 spiro atoms. The highest BCUT2D eigenvalue weighted by molar-refractivity contribution is 6.33. The van der Waals surface area contributed by atoms with Crippen LogP contribution in [0.15, 0.2) is 18.2 Å². The second kappa shape index (κ2) is 7.33. The number of nitrogens with zero attached hydrogens (tertiary/aromatic N) is 1. The summed E-state index contributed by atoms with van der Waals surface area (Å²) in [5.41, 5.74) is 2.49. The number of rotatable bonds is 8. The molecule has 0 aliphatic heterocycles. The van der Waals surface area contributed by atoms with Gasteiger partial charge in [-0.05, 0) is 50.4 Å². The zero-order valence-electron chi connectivity index (χ0n) is 13.0. The Morgan fingerprint density at radius 3 is 2.65 bits per heavy atom. The van der Waals surface area contributed by atoms with Gasteiger partial charge in [-0.1, -0.05) is 37.9 Å². The number of halogens is 1. The molecule has 0 radical (unpaired) electrons. The molecule has 0 amide bonds. The van der Waals surface area contributed by atoms with E-state index in [1.807, 2.05) is 0 Å². The first-order chi connectivity index (χ1) is 9.67. The number of hydrogen-bond donors (Lipinski definition) is 1. The Hall–Kier alpha value is -0.730. The zero-order chi connectivity index (χ0) is 14.5. The fraction of sp³-hybridized carbons (Fsp3) is 0.647. The molecule has 2 rings (SSSR count). The van der Waals surface area contributed by atoms with Crippen LogP contribution in [0.1, 0.15) is 58.1 Å². The monoisotopic (exact) mass is 294 g/mol. The van der Waals surface area contributed by atoms with Gasteiger partial charge in [0.05, 0.1) is 10.7 Å². The van der Waals surface area contributed by atoms with Gasteiger partial charge >= 0.3 is 0 Å². The molecule has 1 N–H and O–H groups in total. The lowest BCUT2D eigenvalue weighted by Crippen LogP contribution is -2.27. The minimum absolute atomic E-state index is 0.358. The summed E-state index contributed by atoms with van der Waals surface area (Å²) in [6.07, 6.45) is 5.10. The third-order valence-electron chi connectivity index (χ3n) is 4.03. The summed E-state index contributed by atoms with van der Waals surface area (Å²) in [5, 5.41) is 4.33. The Kier molecular flexibility index (Phi) is 5.74. The number of nitrogens with one attached hydrogen (secondary N) is 1. The topological polar surface area (TPSA) is 15.3 Å². The van der Waals surface area contributed by atoms with Gasteiger partial charge in [-0.15, -0.1) is 0 Å². The predicted octanol–water partition coefficient (Wildman–Crippen LogP) is 4.78. The Morgan fingerprint density at radius 1 is 1.35 bits per heavy atom. The maximum Gasteiger partial charge on any atom is 0.0642 e. The fourth-order valence-electron chi connectivity index (χ4n) is 2.66. The second-order valence-electron chi connectivity index (χ2n) is 5.77. The average molecular weight is 295 g/mol. The summed E-state index contributed by atoms with van der Waals surface area (Å²) >= 11 is 6.55. The van der Waals surface area contributed by atoms with Crippen LogP contribution in [0, 0.1) is 0 Å². The molecule has 1 aliphatic carbocycles. The largest absolute Gasteiger partial charge is 0.367 e. The molecule has 1 aliphatic rings. The summed E-state index contributed by atoms with van der Waals surface area (Å²) in [6.45, 7) is 8.67. The maximum atomic E-state index is 6.55. The van der Waals surface area contributed by atoms with Crippen molar-refractivity contribution >= 4 is 17.3 Å². The van der Waals surface area contributed by atoms with Gasteiger partial charge in [0.1, 0.15) is 0 Å². The van der Waals surface area contributed by atoms with Crippen molar-refractivity contribution in [2.45, 2.75) is 58.5 Å². The van der Waals surface area contributed by atoms with Crippen molar-refractivity contribution in [1.29, 1.82) is 0 Å². The van der Waals surface area contributed by atoms with Crippen LogP contribution in [0.25, 0.3) is 0 Å². The van der Waals surface area contributed by atoms with Crippen LogP contribution in [0.3, 0.4) is 0 Å². The van der Waals surface area contributed by atoms with Gasteiger partial charge in [0, 0.05) is 18.6 Å². The predicted molar refractivity (Wildman–Crippen MR) is 88.8 cm³/mol. The first-order valence-electron chi connectivity index (χ1n) is 7.96. The second-order valence-corrected chi connectivity index (χ2v) is 6.18. The number of hydrogen-bond acceptors (Lipinski definition) is 2. The highest BCUT2D eigenvalue weighted by atomic mass is 35.5. The van der Waals surface area contributed by atoms with E-state index in [4.69, 9.17) is 11.6 Å². The van der Waals surface area contributed by atoms with Gasteiger partial charge in [0.25, 0.3) is 0 Å². The molecule has 0 bridgehead atoms. The van der Waals surface area contributed by atoms with Crippen LogP contribution < -0.4 is 10.2 Å². The lowest BCUT2D eigenvalue weighted by Gasteiger charge is -2.26. The molecule has 0 heterocycles. The molecule has 20 heavy (non-hydrogen) atoms. The third-order valence-corrected chi connectivity index (χ3v) is 4.33. The van der Waals surface area contributed by atoms with Crippen molar-refractivity contribution in [3.63, 3.8) is 0 Å². The smallest absolute Gasteiger partial charge is 0.0642 e. The number of anilines is 1. The molecule has 112 valence electrons. The van der Waals surface area contributed by atoms with Crippen LogP contribution in [0.5, 0.6) is 0 Å². The molecule has 1 aromatic rings. The standard InChI is InChI=1S/C17H27ClN2/c1-4-6-11-20(15-8-9-15)17-10-7-14(12-16(17)18)13(3)19-5-2/h7,10,12-13,15,19H,4-6,8-9,11H2,1-3H3. The van der Waals surface area contributed by atoms with Gasteiger partial charge in [0.15, 0.2) is 0 Å². The van der Waals surface area contributed by atoms with Gasteiger partial charge < -0.3 is 10.2 Å². The Balaban J connectivity index is 2.14. The quantitative estimate of drug-likeness (QED) is 0.742. The van der Waals surface area contributed by atoms with Crippen molar-refractivity contribution in [3.05, 3.63) is 28.8 Å². The lowest BCUT2D eigenvalue weighted by atomic mass is 10.1. The van der Waals surface area contributed by atoms with Crippen molar-refractivity contribution in [1.82, 2.24) is 5.32 Å². The highest BCUT2D eigenvalue weighted by Gasteiger charge is 2.29. The molecular weight excluding hydrogens is 268 g/mol. The summed E-state index contributed by atoms with van der Waals surface area (Å²) < 4.78 is 0. The van der Waals surface area contributed by atoms with Crippen molar-refractivity contribution in [2.24, 2.45) is 0 Å². The first kappa shape index (κ1) is 15.7. The minimum atomic E-state index is 0.358. The van der Waals surface area contributed by atoms with E-state index in [0.717, 1.165) is 24.2 Å². The molecule has 0 saturated heterocycles. The van der Waals surface area contributed by atoms with Gasteiger partial charge in [-0.3, -0.25) is 0 Å². The summed E-state index contributed by atoms with van der Waals surface area (Å²) in [4.78, 5) is 2.51. The molecule has 1 fully saturated rings. The molecule has 1 aromatic carbocycles. The minimum Gasteiger partial charge on any atom is -0.367 e. The van der Waals surface area contributed by atoms with E-state index in [0.29, 0.717) is 6.04 Å². The average Bonchev–Trinajstić information content (AvgIpc) is 3.25. The van der Waals surface area contributed by atoms with E-state index in [1.165, 1.54) is 36.9 Å². The molecule has 2 nitrogen and oxygen atoms in total. The normalized spacial score (nSPS) is 16.2. The van der Waals surface area contributed by atoms with Gasteiger partial charge in [0.2, 0.25) is 0 Å². The summed E-state index contributed by atoms with van der Waals surface area (Å²) in [5.74, 6) is 0. The lowest BCUT2D eigenvalue weighted by molar-refractivity contribution is 0.598. The van der Waals surface area contributed by atoms with Crippen LogP contribution in [-0.4, -0.2) is 19.1 Å². The molecule has 1 saturated carbocycles. The number of benzene rings is 1. The van der Waals surface area contributed by atoms with Crippen LogP contribution in [0.4, 0.5) is 5.69 Å². The maximum absolute atomic E-state index is 6.55. The van der Waals surface area contributed by atoms with E-state index in [9.17, 15) is 0 Å². The SMILES string of the molecule is CCCCN(c1ccc(C(C)NCC)cc1Cl)C1CC1. The molecule has 1 unspecified atom stereocenters. The van der Waals surface area contributed by atoms with E-state index in [1.54, 1.807) is 0 Å². The third kappa shape index (κ3) is 3.89. The summed E-state index contributed by atoms with van der Waals surface area (Å²) in [6, 6.07) is 7.63. The first-order valence-corrected chi connectivity index (χ1v) is 8.34. The van der Waals surface area contributed by atoms with Crippen LogP contribution in [-0.2, 0) is 0 Å². The van der Waals surface area contributed by atoms with Gasteiger partial charge in [-0.2, -0.15) is 0 Å². The Labute approximate surface area is 128 Å². The Bertz CT molecular complexity index is 429. The van der Waals surface area contributed by atoms with E-state index >= 15 is 0 Å². The van der Waals surface area contributed by atoms with Crippen molar-refractivity contribution in [3.8, 4) is 0 Å². The van der Waals surface area contributed by atoms with Crippen molar-refractivity contribution in [2.75, 3.05) is 18.0 Å². The van der Waals surface area contributed by atoms with Gasteiger partial charge in [-0.25, -0.2) is 0 Å². The van der Waals surface area contributed by atoms with E-state index in [-0.39, 0.29) is 0 Å². The van der Waals surface area contributed by atoms with Crippen molar-refractivity contribution < 1.29 is 0 Å². The number of unbranched alkanes of at least 4 members (excludes halogenated alkanes) is 1. The summed E-state index contributed by atoms with van der Waals surface area (Å²) in [7, 11) is 0.